The van der Waals surface area contributed by atoms with Gasteiger partial charge in [-0.25, -0.2) is 0 Å². The summed E-state index contributed by atoms with van der Waals surface area (Å²) in [7, 11) is 3.27. The Kier molecular flexibility index (Phi) is 6.78. The molecule has 2 fully saturated rings. The van der Waals surface area contributed by atoms with E-state index in [1.807, 2.05) is 18.2 Å². The van der Waals surface area contributed by atoms with Crippen molar-refractivity contribution in [1.82, 2.24) is 10.2 Å². The molecule has 1 aliphatic heterocycles. The maximum Gasteiger partial charge on any atom is 0.220 e. The Morgan fingerprint density at radius 3 is 2.77 bits per heavy atom. The van der Waals surface area contributed by atoms with E-state index in [0.717, 1.165) is 29.4 Å². The molecule has 1 saturated heterocycles. The number of likely N-dealkylation sites (tertiary alicyclic amines) is 1. The maximum atomic E-state index is 12.3. The van der Waals surface area contributed by atoms with Crippen LogP contribution in [0, 0.1) is 11.8 Å². The summed E-state index contributed by atoms with van der Waals surface area (Å²) in [6, 6.07) is 5.67. The highest BCUT2D eigenvalue weighted by Gasteiger charge is 2.27. The molecule has 0 spiro atoms. The van der Waals surface area contributed by atoms with Crippen LogP contribution in [0.4, 0.5) is 0 Å². The zero-order valence-corrected chi connectivity index (χ0v) is 16.1. The lowest BCUT2D eigenvalue weighted by Gasteiger charge is -2.32. The highest BCUT2D eigenvalue weighted by Crippen LogP contribution is 2.31. The number of nitrogens with zero attached hydrogens (tertiary/aromatic N) is 1. The number of hydrogen-bond donors (Lipinski definition) is 1. The fourth-order valence-corrected chi connectivity index (χ4v) is 3.83. The zero-order chi connectivity index (χ0) is 18.4. The fourth-order valence-electron chi connectivity index (χ4n) is 3.83. The van der Waals surface area contributed by atoms with Gasteiger partial charge in [-0.15, -0.1) is 0 Å². The molecule has 1 N–H and O–H groups in total. The van der Waals surface area contributed by atoms with Crippen LogP contribution in [-0.4, -0.2) is 44.7 Å². The highest BCUT2D eigenvalue weighted by atomic mass is 16.5. The Labute approximate surface area is 157 Å². The predicted octanol–water partition coefficient (Wildman–Crippen LogP) is 3.22. The third kappa shape index (κ3) is 5.63. The third-order valence-electron chi connectivity index (χ3n) is 5.57. The molecule has 5 nitrogen and oxygen atoms in total. The predicted molar refractivity (Wildman–Crippen MR) is 103 cm³/mol. The van der Waals surface area contributed by atoms with Crippen LogP contribution in [-0.2, 0) is 11.3 Å². The van der Waals surface area contributed by atoms with E-state index in [0.29, 0.717) is 18.9 Å². The summed E-state index contributed by atoms with van der Waals surface area (Å²) in [5.74, 6) is 3.25. The molecule has 1 amide bonds. The van der Waals surface area contributed by atoms with Gasteiger partial charge in [0, 0.05) is 37.7 Å². The Morgan fingerprint density at radius 2 is 2.04 bits per heavy atom. The van der Waals surface area contributed by atoms with Gasteiger partial charge < -0.3 is 19.7 Å². The minimum Gasteiger partial charge on any atom is -0.497 e. The van der Waals surface area contributed by atoms with Crippen molar-refractivity contribution in [3.05, 3.63) is 23.8 Å². The van der Waals surface area contributed by atoms with Crippen LogP contribution in [0.3, 0.4) is 0 Å². The number of carbonyl (C=O) groups excluding carboxylic acids is 1. The van der Waals surface area contributed by atoms with Crippen LogP contribution in [0.1, 0.15) is 44.1 Å². The number of nitrogens with one attached hydrogen (secondary N) is 1. The quantitative estimate of drug-likeness (QED) is 0.735. The number of hydrogen-bond acceptors (Lipinski definition) is 4. The van der Waals surface area contributed by atoms with Gasteiger partial charge in [0.15, 0.2) is 0 Å². The first-order valence-electron chi connectivity index (χ1n) is 9.88. The molecule has 1 unspecified atom stereocenters. The van der Waals surface area contributed by atoms with Crippen LogP contribution >= 0.6 is 0 Å². The summed E-state index contributed by atoms with van der Waals surface area (Å²) in [5, 5.41) is 3.03. The molecule has 0 bridgehead atoms. The van der Waals surface area contributed by atoms with Gasteiger partial charge in [-0.2, -0.15) is 0 Å². The summed E-state index contributed by atoms with van der Waals surface area (Å²) >= 11 is 0. The minimum atomic E-state index is 0.127. The first kappa shape index (κ1) is 19.0. The second-order valence-electron chi connectivity index (χ2n) is 7.70. The average molecular weight is 360 g/mol. The molecule has 1 heterocycles. The number of rotatable bonds is 9. The summed E-state index contributed by atoms with van der Waals surface area (Å²) < 4.78 is 10.6. The molecule has 0 radical (unpaired) electrons. The van der Waals surface area contributed by atoms with Gasteiger partial charge >= 0.3 is 0 Å². The first-order valence-corrected chi connectivity index (χ1v) is 9.88. The van der Waals surface area contributed by atoms with Gasteiger partial charge in [0.05, 0.1) is 14.2 Å². The largest absolute Gasteiger partial charge is 0.497 e. The molecule has 144 valence electrons. The Bertz CT molecular complexity index is 601. The Balaban J connectivity index is 1.40. The van der Waals surface area contributed by atoms with Gasteiger partial charge in [0.1, 0.15) is 11.5 Å². The number of piperidine rings is 1. The van der Waals surface area contributed by atoms with Crippen LogP contribution in [0.5, 0.6) is 11.5 Å². The van der Waals surface area contributed by atoms with Crippen LogP contribution in [0.2, 0.25) is 0 Å². The minimum absolute atomic E-state index is 0.127. The lowest BCUT2D eigenvalue weighted by molar-refractivity contribution is -0.121. The van der Waals surface area contributed by atoms with Crippen molar-refractivity contribution >= 4 is 5.91 Å². The number of methoxy groups -OCH3 is 2. The van der Waals surface area contributed by atoms with Gasteiger partial charge in [0.25, 0.3) is 0 Å². The molecule has 5 heteroatoms. The standard InChI is InChI=1S/C21H32N2O3/c1-25-19-9-8-18(20(12-19)26-2)13-22-21(24)10-7-16-4-3-11-23(14-16)15-17-5-6-17/h8-9,12,16-17H,3-7,10-11,13-15H2,1-2H3,(H,22,24). The molecule has 1 aromatic carbocycles. The molecule has 1 aliphatic carbocycles. The zero-order valence-electron chi connectivity index (χ0n) is 16.1. The van der Waals surface area contributed by atoms with E-state index in [-0.39, 0.29) is 5.91 Å². The second kappa shape index (κ2) is 9.26. The smallest absolute Gasteiger partial charge is 0.220 e. The number of benzene rings is 1. The normalized spacial score (nSPS) is 20.6. The molecule has 2 aliphatic rings. The van der Waals surface area contributed by atoms with E-state index in [2.05, 4.69) is 10.2 Å². The molecule has 26 heavy (non-hydrogen) atoms. The van der Waals surface area contributed by atoms with Crippen molar-refractivity contribution in [1.29, 1.82) is 0 Å². The van der Waals surface area contributed by atoms with E-state index in [1.165, 1.54) is 45.3 Å². The van der Waals surface area contributed by atoms with E-state index in [9.17, 15) is 4.79 Å². The topological polar surface area (TPSA) is 50.8 Å². The molecule has 3 rings (SSSR count). The van der Waals surface area contributed by atoms with Crippen molar-refractivity contribution in [2.24, 2.45) is 11.8 Å². The van der Waals surface area contributed by atoms with Crippen LogP contribution in [0.15, 0.2) is 18.2 Å². The van der Waals surface area contributed by atoms with Crippen molar-refractivity contribution in [2.75, 3.05) is 33.9 Å². The molecular formula is C21H32N2O3. The number of carbonyl (C=O) groups is 1. The molecule has 1 saturated carbocycles. The molecule has 0 aromatic heterocycles. The fraction of sp³-hybridized carbons (Fsp3) is 0.667. The SMILES string of the molecule is COc1ccc(CNC(=O)CCC2CCCN(CC3CC3)C2)c(OC)c1. The van der Waals surface area contributed by atoms with E-state index in [1.54, 1.807) is 14.2 Å². The molecule has 1 atom stereocenters. The highest BCUT2D eigenvalue weighted by molar-refractivity contribution is 5.75. The average Bonchev–Trinajstić information content (AvgIpc) is 3.48. The second-order valence-corrected chi connectivity index (χ2v) is 7.70. The third-order valence-corrected chi connectivity index (χ3v) is 5.57. The first-order chi connectivity index (χ1) is 12.7. The Hall–Kier alpha value is -1.75. The van der Waals surface area contributed by atoms with Crippen LogP contribution in [0.25, 0.3) is 0 Å². The van der Waals surface area contributed by atoms with E-state index < -0.39 is 0 Å². The van der Waals surface area contributed by atoms with E-state index >= 15 is 0 Å². The summed E-state index contributed by atoms with van der Waals surface area (Å²) in [4.78, 5) is 14.9. The number of ether oxygens (including phenoxy) is 2. The lowest BCUT2D eigenvalue weighted by atomic mass is 9.93. The van der Waals surface area contributed by atoms with Gasteiger partial charge in [0.2, 0.25) is 5.91 Å². The lowest BCUT2D eigenvalue weighted by Crippen LogP contribution is -2.37. The van der Waals surface area contributed by atoms with Crippen molar-refractivity contribution < 1.29 is 14.3 Å². The van der Waals surface area contributed by atoms with Crippen molar-refractivity contribution in [2.45, 2.75) is 45.1 Å². The van der Waals surface area contributed by atoms with Gasteiger partial charge in [-0.05, 0) is 62.6 Å². The molecule has 1 aromatic rings. The summed E-state index contributed by atoms with van der Waals surface area (Å²) in [6.45, 7) is 4.19. The molecular weight excluding hydrogens is 328 g/mol. The van der Waals surface area contributed by atoms with Gasteiger partial charge in [-0.1, -0.05) is 0 Å². The van der Waals surface area contributed by atoms with Crippen LogP contribution < -0.4 is 14.8 Å². The van der Waals surface area contributed by atoms with Crippen molar-refractivity contribution in [3.63, 3.8) is 0 Å². The number of amides is 1. The maximum absolute atomic E-state index is 12.3. The Morgan fingerprint density at radius 1 is 1.19 bits per heavy atom. The monoisotopic (exact) mass is 360 g/mol. The van der Waals surface area contributed by atoms with Crippen molar-refractivity contribution in [3.8, 4) is 11.5 Å². The van der Waals surface area contributed by atoms with Gasteiger partial charge in [-0.3, -0.25) is 4.79 Å². The summed E-state index contributed by atoms with van der Waals surface area (Å²) in [6.07, 6.45) is 6.98. The van der Waals surface area contributed by atoms with E-state index in [4.69, 9.17) is 9.47 Å². The summed E-state index contributed by atoms with van der Waals surface area (Å²) in [5.41, 5.74) is 0.968.